The van der Waals surface area contributed by atoms with E-state index in [1.807, 2.05) is 19.9 Å². The summed E-state index contributed by atoms with van der Waals surface area (Å²) in [6, 6.07) is 6.61. The summed E-state index contributed by atoms with van der Waals surface area (Å²) in [6.07, 6.45) is 3.63. The molecule has 0 bridgehead atoms. The molecule has 0 aliphatic carbocycles. The van der Waals surface area contributed by atoms with Gasteiger partial charge in [0, 0.05) is 19.3 Å². The fourth-order valence-electron chi connectivity index (χ4n) is 3.66. The minimum atomic E-state index is -3.77. The lowest BCUT2D eigenvalue weighted by atomic mass is 10.0. The smallest absolute Gasteiger partial charge is 0.281 e. The van der Waals surface area contributed by atoms with Crippen LogP contribution in [0.15, 0.2) is 40.2 Å². The molecule has 0 amide bonds. The van der Waals surface area contributed by atoms with Crippen LogP contribution in [0.1, 0.15) is 25.3 Å². The molecule has 6 nitrogen and oxygen atoms in total. The number of fused-ring (bicyclic) bond motifs is 3. The second kappa shape index (κ2) is 6.58. The van der Waals surface area contributed by atoms with Crippen molar-refractivity contribution >= 4 is 38.2 Å². The predicted molar refractivity (Wildman–Crippen MR) is 106 cm³/mol. The number of aromatic nitrogens is 2. The van der Waals surface area contributed by atoms with E-state index >= 15 is 0 Å². The highest BCUT2D eigenvalue weighted by atomic mass is 35.5. The van der Waals surface area contributed by atoms with Gasteiger partial charge in [-0.3, -0.25) is 4.79 Å². The topological polar surface area (TPSA) is 71.8 Å². The molecule has 2 aromatic heterocycles. The van der Waals surface area contributed by atoms with Crippen LogP contribution in [0.25, 0.3) is 16.6 Å². The van der Waals surface area contributed by atoms with Crippen molar-refractivity contribution in [2.45, 2.75) is 31.6 Å². The van der Waals surface area contributed by atoms with E-state index in [0.29, 0.717) is 30.2 Å². The molecule has 1 saturated heterocycles. The lowest BCUT2D eigenvalue weighted by molar-refractivity contribution is 0.281. The van der Waals surface area contributed by atoms with Crippen molar-refractivity contribution in [3.05, 3.63) is 51.4 Å². The van der Waals surface area contributed by atoms with E-state index in [2.05, 4.69) is 4.98 Å². The maximum atomic E-state index is 13.1. The van der Waals surface area contributed by atoms with Crippen LogP contribution in [-0.4, -0.2) is 35.2 Å². The van der Waals surface area contributed by atoms with Gasteiger partial charge in [-0.05, 0) is 55.5 Å². The van der Waals surface area contributed by atoms with Crippen molar-refractivity contribution in [3.63, 3.8) is 0 Å². The van der Waals surface area contributed by atoms with E-state index in [1.165, 1.54) is 10.4 Å². The van der Waals surface area contributed by atoms with Crippen molar-refractivity contribution in [1.29, 1.82) is 0 Å². The van der Waals surface area contributed by atoms with E-state index < -0.39 is 15.6 Å². The molecule has 1 aliphatic rings. The first-order valence-corrected chi connectivity index (χ1v) is 10.7. The highest BCUT2D eigenvalue weighted by Gasteiger charge is 2.31. The summed E-state index contributed by atoms with van der Waals surface area (Å²) < 4.78 is 29.5. The fraction of sp³-hybridized carbons (Fsp3) is 0.368. The summed E-state index contributed by atoms with van der Waals surface area (Å²) in [5.41, 5.74) is 1.56. The molecule has 3 aromatic rings. The number of piperidine rings is 1. The van der Waals surface area contributed by atoms with E-state index in [0.717, 1.165) is 18.4 Å². The summed E-state index contributed by atoms with van der Waals surface area (Å²) in [5, 5.41) is 0.352. The van der Waals surface area contributed by atoms with Crippen LogP contribution < -0.4 is 5.56 Å². The van der Waals surface area contributed by atoms with Gasteiger partial charge in [-0.1, -0.05) is 18.5 Å². The van der Waals surface area contributed by atoms with Crippen molar-refractivity contribution in [1.82, 2.24) is 13.7 Å². The number of hydrogen-bond donors (Lipinski definition) is 0. The first-order chi connectivity index (χ1) is 12.8. The average molecular weight is 406 g/mol. The Bertz CT molecular complexity index is 1220. The van der Waals surface area contributed by atoms with Gasteiger partial charge in [0.05, 0.1) is 15.9 Å². The minimum Gasteiger partial charge on any atom is -0.301 e. The van der Waals surface area contributed by atoms with Gasteiger partial charge < -0.3 is 4.40 Å². The Kier molecular flexibility index (Phi) is 4.49. The van der Waals surface area contributed by atoms with Gasteiger partial charge in [0.15, 0.2) is 0 Å². The predicted octanol–water partition coefficient (Wildman–Crippen LogP) is 3.23. The zero-order valence-electron chi connectivity index (χ0n) is 15.1. The second-order valence-corrected chi connectivity index (χ2v) is 9.57. The molecule has 0 spiro atoms. The number of halogens is 1. The summed E-state index contributed by atoms with van der Waals surface area (Å²) >= 11 is 6.39. The first kappa shape index (κ1) is 18.4. The number of aryl methyl sites for hydroxylation is 1. The standard InChI is InChI=1S/C19H20ClN3O3S/c1-12-5-7-23-16-10-15(20)17(9-14(16)19(24)21-18(23)8-12)27(25,26)22-6-3-4-13(2)11-22/h5,7-10,13H,3-4,6,11H2,1-2H3/t13-/m0/s1. The van der Waals surface area contributed by atoms with Gasteiger partial charge in [-0.15, -0.1) is 0 Å². The van der Waals surface area contributed by atoms with Crippen LogP contribution in [0.4, 0.5) is 0 Å². The van der Waals surface area contributed by atoms with Crippen LogP contribution >= 0.6 is 11.6 Å². The minimum absolute atomic E-state index is 0.0308. The summed E-state index contributed by atoms with van der Waals surface area (Å²) in [7, 11) is -3.77. The molecule has 142 valence electrons. The Morgan fingerprint density at radius 2 is 2.04 bits per heavy atom. The summed E-state index contributed by atoms with van der Waals surface area (Å²) in [6.45, 7) is 4.88. The summed E-state index contributed by atoms with van der Waals surface area (Å²) in [4.78, 5) is 16.6. The Hall–Kier alpha value is -1.96. The zero-order chi connectivity index (χ0) is 19.3. The van der Waals surface area contributed by atoms with Crippen LogP contribution in [0.2, 0.25) is 5.02 Å². The third kappa shape index (κ3) is 3.13. The van der Waals surface area contributed by atoms with Crippen LogP contribution in [0.3, 0.4) is 0 Å². The number of rotatable bonds is 2. The molecule has 1 aromatic carbocycles. The number of benzene rings is 1. The largest absolute Gasteiger partial charge is 0.301 e. The van der Waals surface area contributed by atoms with Crippen LogP contribution in [-0.2, 0) is 10.0 Å². The quantitative estimate of drug-likeness (QED) is 0.613. The van der Waals surface area contributed by atoms with E-state index in [9.17, 15) is 13.2 Å². The Morgan fingerprint density at radius 3 is 2.78 bits per heavy atom. The number of hydrogen-bond acceptors (Lipinski definition) is 4. The van der Waals surface area contributed by atoms with Gasteiger partial charge in [0.25, 0.3) is 5.56 Å². The van der Waals surface area contributed by atoms with Crippen molar-refractivity contribution < 1.29 is 8.42 Å². The fourth-order valence-corrected chi connectivity index (χ4v) is 5.78. The third-order valence-electron chi connectivity index (χ3n) is 5.08. The Labute approximate surface area is 162 Å². The average Bonchev–Trinajstić information content (AvgIpc) is 2.61. The van der Waals surface area contributed by atoms with Gasteiger partial charge in [0.2, 0.25) is 10.0 Å². The molecule has 0 unspecified atom stereocenters. The molecule has 0 N–H and O–H groups in total. The Morgan fingerprint density at radius 1 is 1.26 bits per heavy atom. The maximum Gasteiger partial charge on any atom is 0.281 e. The lowest BCUT2D eigenvalue weighted by Gasteiger charge is -2.30. The summed E-state index contributed by atoms with van der Waals surface area (Å²) in [5.74, 6) is 0.298. The molecule has 0 radical (unpaired) electrons. The van der Waals surface area contributed by atoms with Crippen molar-refractivity contribution in [3.8, 4) is 0 Å². The second-order valence-electron chi connectivity index (χ2n) is 7.26. The van der Waals surface area contributed by atoms with Crippen molar-refractivity contribution in [2.24, 2.45) is 5.92 Å². The number of nitrogens with zero attached hydrogens (tertiary/aromatic N) is 3. The van der Waals surface area contributed by atoms with Gasteiger partial charge in [0.1, 0.15) is 10.5 Å². The van der Waals surface area contributed by atoms with Gasteiger partial charge in [-0.25, -0.2) is 8.42 Å². The van der Waals surface area contributed by atoms with Crippen LogP contribution in [0, 0.1) is 12.8 Å². The monoisotopic (exact) mass is 405 g/mol. The van der Waals surface area contributed by atoms with Gasteiger partial charge >= 0.3 is 0 Å². The first-order valence-electron chi connectivity index (χ1n) is 8.90. The molecule has 27 heavy (non-hydrogen) atoms. The van der Waals surface area contributed by atoms with Crippen LogP contribution in [0.5, 0.6) is 0 Å². The Balaban J connectivity index is 1.94. The third-order valence-corrected chi connectivity index (χ3v) is 7.41. The normalized spacial score (nSPS) is 19.0. The van der Waals surface area contributed by atoms with E-state index in [1.54, 1.807) is 22.7 Å². The molecule has 0 saturated carbocycles. The highest BCUT2D eigenvalue weighted by Crippen LogP contribution is 2.31. The molecular formula is C19H20ClN3O3S. The SMILES string of the molecule is Cc1ccn2c(c1)nc(=O)c1cc(S(=O)(=O)N3CCC[C@H](C)C3)c(Cl)cc12. The van der Waals surface area contributed by atoms with E-state index in [-0.39, 0.29) is 15.3 Å². The molecule has 3 heterocycles. The molecule has 4 rings (SSSR count). The molecule has 1 atom stereocenters. The number of sulfonamides is 1. The number of pyridine rings is 1. The maximum absolute atomic E-state index is 13.1. The molecular weight excluding hydrogens is 386 g/mol. The van der Waals surface area contributed by atoms with E-state index in [4.69, 9.17) is 11.6 Å². The molecule has 1 fully saturated rings. The molecule has 1 aliphatic heterocycles. The van der Waals surface area contributed by atoms with Gasteiger partial charge in [-0.2, -0.15) is 9.29 Å². The zero-order valence-corrected chi connectivity index (χ0v) is 16.7. The lowest BCUT2D eigenvalue weighted by Crippen LogP contribution is -2.39. The molecule has 8 heteroatoms. The van der Waals surface area contributed by atoms with Crippen molar-refractivity contribution in [2.75, 3.05) is 13.1 Å². The highest BCUT2D eigenvalue weighted by molar-refractivity contribution is 7.89.